The Hall–Kier alpha value is -2.40. The van der Waals surface area contributed by atoms with Gasteiger partial charge in [-0.3, -0.25) is 4.79 Å². The van der Waals surface area contributed by atoms with Crippen molar-refractivity contribution in [2.45, 2.75) is 13.8 Å². The molecule has 0 fully saturated rings. The summed E-state index contributed by atoms with van der Waals surface area (Å²) in [5.41, 5.74) is 2.40. The summed E-state index contributed by atoms with van der Waals surface area (Å²) in [6.07, 6.45) is 0. The summed E-state index contributed by atoms with van der Waals surface area (Å²) in [5, 5.41) is 3.18. The van der Waals surface area contributed by atoms with Gasteiger partial charge in [-0.05, 0) is 38.1 Å². The normalized spacial score (nSPS) is 10.1. The quantitative estimate of drug-likeness (QED) is 0.807. The number of rotatable bonds is 6. The molecular weight excluding hydrogens is 320 g/mol. The van der Waals surface area contributed by atoms with Crippen molar-refractivity contribution < 1.29 is 9.53 Å². The van der Waals surface area contributed by atoms with Crippen molar-refractivity contribution >= 4 is 28.8 Å². The molecule has 0 saturated carbocycles. The molecule has 0 aliphatic rings. The largest absolute Gasteiger partial charge is 0.497 e. The van der Waals surface area contributed by atoms with Crippen LogP contribution in [0.1, 0.15) is 29.8 Å². The van der Waals surface area contributed by atoms with Gasteiger partial charge in [0.2, 0.25) is 0 Å². The summed E-state index contributed by atoms with van der Waals surface area (Å²) in [4.78, 5) is 14.7. The van der Waals surface area contributed by atoms with Gasteiger partial charge in [0.15, 0.2) is 0 Å². The summed E-state index contributed by atoms with van der Waals surface area (Å²) in [6.45, 7) is 5.35. The Morgan fingerprint density at radius 3 is 2.29 bits per heavy atom. The number of amides is 1. The van der Waals surface area contributed by atoms with Gasteiger partial charge < -0.3 is 15.0 Å². The van der Waals surface area contributed by atoms with E-state index in [-0.39, 0.29) is 5.91 Å². The summed E-state index contributed by atoms with van der Waals surface area (Å²) < 4.78 is 5.20. The van der Waals surface area contributed by atoms with E-state index in [1.54, 1.807) is 12.0 Å². The van der Waals surface area contributed by atoms with Crippen molar-refractivity contribution in [1.82, 2.24) is 4.90 Å². The smallest absolute Gasteiger partial charge is 0.253 e. The zero-order valence-electron chi connectivity index (χ0n) is 14.2. The SMILES string of the molecule is CCN(CC)C(=O)c1ccc(C(=S)Nc2cccc(OC)c2)cc1. The molecule has 0 aliphatic carbocycles. The lowest BCUT2D eigenvalue weighted by molar-refractivity contribution is 0.0773. The molecule has 1 amide bonds. The number of carbonyl (C=O) groups excluding carboxylic acids is 1. The van der Waals surface area contributed by atoms with Gasteiger partial charge in [-0.15, -0.1) is 0 Å². The van der Waals surface area contributed by atoms with Crippen LogP contribution in [0.2, 0.25) is 0 Å². The second-order valence-corrected chi connectivity index (χ2v) is 5.65. The second-order valence-electron chi connectivity index (χ2n) is 5.24. The molecular formula is C19H22N2O2S. The molecule has 2 aromatic carbocycles. The van der Waals surface area contributed by atoms with E-state index in [1.807, 2.05) is 62.4 Å². The Kier molecular flexibility index (Phi) is 6.32. The number of nitrogens with zero attached hydrogens (tertiary/aromatic N) is 1. The fourth-order valence-corrected chi connectivity index (χ4v) is 2.62. The first-order valence-corrected chi connectivity index (χ1v) is 8.34. The average molecular weight is 342 g/mol. The van der Waals surface area contributed by atoms with Crippen LogP contribution in [0.5, 0.6) is 5.75 Å². The minimum Gasteiger partial charge on any atom is -0.497 e. The van der Waals surface area contributed by atoms with Crippen LogP contribution in [0.4, 0.5) is 5.69 Å². The fourth-order valence-electron chi connectivity index (χ4n) is 2.36. The third-order valence-electron chi connectivity index (χ3n) is 3.77. The van der Waals surface area contributed by atoms with Crippen LogP contribution in [0, 0.1) is 0 Å². The third-order valence-corrected chi connectivity index (χ3v) is 4.11. The maximum atomic E-state index is 12.3. The van der Waals surface area contributed by atoms with Gasteiger partial charge >= 0.3 is 0 Å². The Morgan fingerprint density at radius 2 is 1.71 bits per heavy atom. The van der Waals surface area contributed by atoms with Gasteiger partial charge in [0, 0.05) is 36.0 Å². The van der Waals surface area contributed by atoms with Crippen LogP contribution >= 0.6 is 12.2 Å². The van der Waals surface area contributed by atoms with E-state index in [1.165, 1.54) is 0 Å². The number of thiocarbonyl (C=S) groups is 1. The van der Waals surface area contributed by atoms with Gasteiger partial charge in [0.05, 0.1) is 7.11 Å². The Bertz CT molecular complexity index is 710. The van der Waals surface area contributed by atoms with Crippen LogP contribution < -0.4 is 10.1 Å². The number of ether oxygens (including phenoxy) is 1. The third kappa shape index (κ3) is 4.32. The van der Waals surface area contributed by atoms with Crippen LogP contribution in [-0.4, -0.2) is 36.0 Å². The number of benzene rings is 2. The molecule has 4 nitrogen and oxygen atoms in total. The molecule has 2 aromatic rings. The number of hydrogen-bond donors (Lipinski definition) is 1. The molecule has 0 atom stereocenters. The number of methoxy groups -OCH3 is 1. The van der Waals surface area contributed by atoms with Gasteiger partial charge in [0.1, 0.15) is 10.7 Å². The zero-order chi connectivity index (χ0) is 17.5. The van der Waals surface area contributed by atoms with Gasteiger partial charge in [-0.25, -0.2) is 0 Å². The number of nitrogens with one attached hydrogen (secondary N) is 1. The first kappa shape index (κ1) is 17.9. The number of hydrogen-bond acceptors (Lipinski definition) is 3. The summed E-state index contributed by atoms with van der Waals surface area (Å²) in [5.74, 6) is 0.807. The van der Waals surface area contributed by atoms with Crippen molar-refractivity contribution in [2.24, 2.45) is 0 Å². The highest BCUT2D eigenvalue weighted by molar-refractivity contribution is 7.81. The molecule has 0 aliphatic heterocycles. The lowest BCUT2D eigenvalue weighted by Gasteiger charge is -2.18. The predicted octanol–water partition coefficient (Wildman–Crippen LogP) is 3.96. The molecule has 0 bridgehead atoms. The summed E-state index contributed by atoms with van der Waals surface area (Å²) in [7, 11) is 1.63. The van der Waals surface area contributed by atoms with Crippen LogP contribution in [0.3, 0.4) is 0 Å². The first-order chi connectivity index (χ1) is 11.6. The van der Waals surface area contributed by atoms with E-state index < -0.39 is 0 Å². The van der Waals surface area contributed by atoms with Crippen molar-refractivity contribution in [2.75, 3.05) is 25.5 Å². The standard InChI is InChI=1S/C19H22N2O2S/c1-4-21(5-2)19(22)15-11-9-14(10-12-15)18(24)20-16-7-6-8-17(13-16)23-3/h6-13H,4-5H2,1-3H3,(H,20,24). The predicted molar refractivity (Wildman–Crippen MR) is 102 cm³/mol. The second kappa shape index (κ2) is 8.45. The molecule has 0 unspecified atom stereocenters. The maximum absolute atomic E-state index is 12.3. The van der Waals surface area contributed by atoms with Gasteiger partial charge in [-0.1, -0.05) is 30.4 Å². The zero-order valence-corrected chi connectivity index (χ0v) is 15.0. The Labute approximate surface area is 148 Å². The minimum atomic E-state index is 0.0400. The van der Waals surface area contributed by atoms with E-state index in [0.29, 0.717) is 23.6 Å². The topological polar surface area (TPSA) is 41.6 Å². The monoisotopic (exact) mass is 342 g/mol. The first-order valence-electron chi connectivity index (χ1n) is 7.93. The average Bonchev–Trinajstić information content (AvgIpc) is 2.63. The molecule has 0 radical (unpaired) electrons. The number of carbonyl (C=O) groups is 1. The molecule has 24 heavy (non-hydrogen) atoms. The molecule has 5 heteroatoms. The molecule has 2 rings (SSSR count). The molecule has 126 valence electrons. The lowest BCUT2D eigenvalue weighted by Crippen LogP contribution is -2.30. The van der Waals surface area contributed by atoms with E-state index >= 15 is 0 Å². The Morgan fingerprint density at radius 1 is 1.08 bits per heavy atom. The van der Waals surface area contributed by atoms with Crippen LogP contribution in [0.15, 0.2) is 48.5 Å². The van der Waals surface area contributed by atoms with Crippen molar-refractivity contribution in [1.29, 1.82) is 0 Å². The highest BCUT2D eigenvalue weighted by Crippen LogP contribution is 2.18. The van der Waals surface area contributed by atoms with Crippen LogP contribution in [-0.2, 0) is 0 Å². The van der Waals surface area contributed by atoms with E-state index in [2.05, 4.69) is 5.32 Å². The lowest BCUT2D eigenvalue weighted by atomic mass is 10.1. The van der Waals surface area contributed by atoms with Gasteiger partial charge in [0.25, 0.3) is 5.91 Å². The van der Waals surface area contributed by atoms with Gasteiger partial charge in [-0.2, -0.15) is 0 Å². The summed E-state index contributed by atoms with van der Waals surface area (Å²) >= 11 is 5.44. The summed E-state index contributed by atoms with van der Waals surface area (Å²) in [6, 6.07) is 14.9. The van der Waals surface area contributed by atoms with E-state index in [9.17, 15) is 4.79 Å². The maximum Gasteiger partial charge on any atom is 0.253 e. The van der Waals surface area contributed by atoms with Crippen LogP contribution in [0.25, 0.3) is 0 Å². The highest BCUT2D eigenvalue weighted by Gasteiger charge is 2.12. The molecule has 0 spiro atoms. The molecule has 1 N–H and O–H groups in total. The highest BCUT2D eigenvalue weighted by atomic mass is 32.1. The fraction of sp³-hybridized carbons (Fsp3) is 0.263. The van der Waals surface area contributed by atoms with Crippen molar-refractivity contribution in [3.63, 3.8) is 0 Å². The van der Waals surface area contributed by atoms with Crippen molar-refractivity contribution in [3.05, 3.63) is 59.7 Å². The van der Waals surface area contributed by atoms with E-state index in [0.717, 1.165) is 17.0 Å². The molecule has 0 heterocycles. The number of anilines is 1. The van der Waals surface area contributed by atoms with Crippen molar-refractivity contribution in [3.8, 4) is 5.75 Å². The Balaban J connectivity index is 2.09. The minimum absolute atomic E-state index is 0.0400. The molecule has 0 aromatic heterocycles. The van der Waals surface area contributed by atoms with E-state index in [4.69, 9.17) is 17.0 Å². The molecule has 0 saturated heterocycles.